The van der Waals surface area contributed by atoms with E-state index in [4.69, 9.17) is 0 Å². The molecular formula is C14H15N3O. The predicted molar refractivity (Wildman–Crippen MR) is 73.0 cm³/mol. The molecule has 92 valence electrons. The summed E-state index contributed by atoms with van der Waals surface area (Å²) in [5, 5.41) is 8.22. The van der Waals surface area contributed by atoms with E-state index in [0.717, 1.165) is 16.8 Å². The van der Waals surface area contributed by atoms with Gasteiger partial charge in [0.25, 0.3) is 0 Å². The minimum absolute atomic E-state index is 0.0415. The summed E-state index contributed by atoms with van der Waals surface area (Å²) in [7, 11) is 1.84. The topological polar surface area (TPSA) is 54.0 Å². The zero-order valence-corrected chi connectivity index (χ0v) is 10.4. The quantitative estimate of drug-likeness (QED) is 0.807. The molecule has 2 N–H and O–H groups in total. The van der Waals surface area contributed by atoms with Crippen LogP contribution in [-0.4, -0.2) is 17.9 Å². The fourth-order valence-electron chi connectivity index (χ4n) is 2.63. The maximum atomic E-state index is 11.6. The molecule has 1 aliphatic rings. The first-order chi connectivity index (χ1) is 8.70. The number of anilines is 2. The van der Waals surface area contributed by atoms with Gasteiger partial charge in [0.1, 0.15) is 11.6 Å². The molecule has 0 bridgehead atoms. The number of pyridine rings is 1. The summed E-state index contributed by atoms with van der Waals surface area (Å²) in [4.78, 5) is 16.1. The lowest BCUT2D eigenvalue weighted by molar-refractivity contribution is -0.116. The van der Waals surface area contributed by atoms with Crippen molar-refractivity contribution in [2.45, 2.75) is 19.3 Å². The number of carbonyl (C=O) groups is 1. The van der Waals surface area contributed by atoms with E-state index in [1.165, 1.54) is 5.39 Å². The van der Waals surface area contributed by atoms with Crippen molar-refractivity contribution in [2.24, 2.45) is 0 Å². The lowest BCUT2D eigenvalue weighted by atomic mass is 9.90. The molecule has 1 amide bonds. The van der Waals surface area contributed by atoms with E-state index in [-0.39, 0.29) is 11.8 Å². The monoisotopic (exact) mass is 241 g/mol. The second kappa shape index (κ2) is 3.98. The third-order valence-corrected chi connectivity index (χ3v) is 3.43. The maximum Gasteiger partial charge on any atom is 0.226 e. The average molecular weight is 241 g/mol. The molecule has 1 atom stereocenters. The lowest BCUT2D eigenvalue weighted by Crippen LogP contribution is -2.23. The highest BCUT2D eigenvalue weighted by Crippen LogP contribution is 2.38. The second-order valence-corrected chi connectivity index (χ2v) is 4.67. The van der Waals surface area contributed by atoms with Gasteiger partial charge in [-0.05, 0) is 11.3 Å². The largest absolute Gasteiger partial charge is 0.373 e. The number of nitrogens with zero attached hydrogens (tertiary/aromatic N) is 1. The molecule has 3 rings (SSSR count). The van der Waals surface area contributed by atoms with E-state index in [1.807, 2.05) is 19.2 Å². The van der Waals surface area contributed by atoms with Gasteiger partial charge in [0, 0.05) is 24.4 Å². The first kappa shape index (κ1) is 11.0. The van der Waals surface area contributed by atoms with Gasteiger partial charge in [-0.3, -0.25) is 4.79 Å². The van der Waals surface area contributed by atoms with Crippen molar-refractivity contribution in [3.8, 4) is 0 Å². The fraction of sp³-hybridized carbons (Fsp3) is 0.286. The number of nitrogens with one attached hydrogen (secondary N) is 2. The molecular weight excluding hydrogens is 226 g/mol. The average Bonchev–Trinajstić information content (AvgIpc) is 2.36. The summed E-state index contributed by atoms with van der Waals surface area (Å²) < 4.78 is 0. The van der Waals surface area contributed by atoms with Crippen LogP contribution in [0.3, 0.4) is 0 Å². The van der Waals surface area contributed by atoms with Crippen LogP contribution in [0.15, 0.2) is 24.3 Å². The standard InChI is InChI=1S/C14H15N3O/c1-8-7-11(18)16-14-12(8)9-5-3-4-6-10(9)13(15-2)17-14/h3-6,8H,7H2,1-2H3,(H2,15,16,17,18). The Hall–Kier alpha value is -2.10. The fourth-order valence-corrected chi connectivity index (χ4v) is 2.63. The molecule has 0 fully saturated rings. The van der Waals surface area contributed by atoms with Crippen LogP contribution in [-0.2, 0) is 4.79 Å². The Morgan fingerprint density at radius 1 is 1.33 bits per heavy atom. The Morgan fingerprint density at radius 3 is 2.78 bits per heavy atom. The molecule has 1 aromatic carbocycles. The zero-order valence-electron chi connectivity index (χ0n) is 10.4. The highest BCUT2D eigenvalue weighted by molar-refractivity contribution is 6.03. The molecule has 18 heavy (non-hydrogen) atoms. The van der Waals surface area contributed by atoms with Crippen LogP contribution < -0.4 is 10.6 Å². The molecule has 0 saturated heterocycles. The van der Waals surface area contributed by atoms with Gasteiger partial charge in [-0.15, -0.1) is 0 Å². The van der Waals surface area contributed by atoms with Crippen LogP contribution in [0.2, 0.25) is 0 Å². The van der Waals surface area contributed by atoms with Gasteiger partial charge in [0.15, 0.2) is 0 Å². The molecule has 4 nitrogen and oxygen atoms in total. The van der Waals surface area contributed by atoms with Crippen molar-refractivity contribution in [3.05, 3.63) is 29.8 Å². The minimum atomic E-state index is 0.0415. The number of rotatable bonds is 1. The summed E-state index contributed by atoms with van der Waals surface area (Å²) in [6, 6.07) is 8.16. The van der Waals surface area contributed by atoms with Crippen LogP contribution in [0.4, 0.5) is 11.6 Å². The Balaban J connectivity index is 2.37. The number of amides is 1. The summed E-state index contributed by atoms with van der Waals surface area (Å²) in [5.74, 6) is 1.75. The maximum absolute atomic E-state index is 11.6. The Labute approximate surface area is 105 Å². The van der Waals surface area contributed by atoms with Crippen LogP contribution in [0, 0.1) is 0 Å². The van der Waals surface area contributed by atoms with Gasteiger partial charge in [-0.1, -0.05) is 31.2 Å². The molecule has 1 aromatic heterocycles. The molecule has 4 heteroatoms. The van der Waals surface area contributed by atoms with Gasteiger partial charge in [-0.25, -0.2) is 4.98 Å². The lowest BCUT2D eigenvalue weighted by Gasteiger charge is -2.24. The molecule has 1 unspecified atom stereocenters. The second-order valence-electron chi connectivity index (χ2n) is 4.67. The number of fused-ring (bicyclic) bond motifs is 3. The van der Waals surface area contributed by atoms with Crippen molar-refractivity contribution in [1.82, 2.24) is 4.98 Å². The van der Waals surface area contributed by atoms with Gasteiger partial charge in [0.05, 0.1) is 0 Å². The number of hydrogen-bond donors (Lipinski definition) is 2. The number of aromatic nitrogens is 1. The number of hydrogen-bond acceptors (Lipinski definition) is 3. The van der Waals surface area contributed by atoms with Crippen molar-refractivity contribution >= 4 is 28.3 Å². The Bertz CT molecular complexity index is 636. The van der Waals surface area contributed by atoms with E-state index in [0.29, 0.717) is 12.2 Å². The van der Waals surface area contributed by atoms with Crippen molar-refractivity contribution < 1.29 is 4.79 Å². The van der Waals surface area contributed by atoms with E-state index >= 15 is 0 Å². The smallest absolute Gasteiger partial charge is 0.226 e. The SMILES string of the molecule is CNc1nc2c(c3ccccc13)C(C)CC(=O)N2. The van der Waals surface area contributed by atoms with Gasteiger partial charge in [0.2, 0.25) is 5.91 Å². The number of carbonyl (C=O) groups excluding carboxylic acids is 1. The van der Waals surface area contributed by atoms with Crippen molar-refractivity contribution in [1.29, 1.82) is 0 Å². The van der Waals surface area contributed by atoms with Crippen molar-refractivity contribution in [3.63, 3.8) is 0 Å². The molecule has 0 saturated carbocycles. The van der Waals surface area contributed by atoms with Crippen LogP contribution in [0.25, 0.3) is 10.8 Å². The Kier molecular flexibility index (Phi) is 2.44. The minimum Gasteiger partial charge on any atom is -0.373 e. The molecule has 2 heterocycles. The third kappa shape index (κ3) is 1.53. The highest BCUT2D eigenvalue weighted by Gasteiger charge is 2.25. The van der Waals surface area contributed by atoms with Crippen LogP contribution in [0.5, 0.6) is 0 Å². The van der Waals surface area contributed by atoms with Crippen LogP contribution >= 0.6 is 0 Å². The molecule has 0 radical (unpaired) electrons. The zero-order chi connectivity index (χ0) is 12.7. The summed E-state index contributed by atoms with van der Waals surface area (Å²) >= 11 is 0. The van der Waals surface area contributed by atoms with E-state index in [9.17, 15) is 4.79 Å². The summed E-state index contributed by atoms with van der Waals surface area (Å²) in [6.07, 6.45) is 0.525. The number of benzene rings is 1. The van der Waals surface area contributed by atoms with Crippen molar-refractivity contribution in [2.75, 3.05) is 17.7 Å². The van der Waals surface area contributed by atoms with Gasteiger partial charge >= 0.3 is 0 Å². The van der Waals surface area contributed by atoms with E-state index in [1.54, 1.807) is 0 Å². The van der Waals surface area contributed by atoms with E-state index in [2.05, 4.69) is 34.7 Å². The predicted octanol–water partition coefficient (Wildman–Crippen LogP) is 2.72. The van der Waals surface area contributed by atoms with Gasteiger partial charge < -0.3 is 10.6 Å². The summed E-state index contributed by atoms with van der Waals surface area (Å²) in [5.41, 5.74) is 1.14. The highest BCUT2D eigenvalue weighted by atomic mass is 16.1. The van der Waals surface area contributed by atoms with Gasteiger partial charge in [-0.2, -0.15) is 0 Å². The Morgan fingerprint density at radius 2 is 2.06 bits per heavy atom. The molecule has 0 spiro atoms. The third-order valence-electron chi connectivity index (χ3n) is 3.43. The first-order valence-corrected chi connectivity index (χ1v) is 6.11. The molecule has 2 aromatic rings. The summed E-state index contributed by atoms with van der Waals surface area (Å²) in [6.45, 7) is 2.07. The van der Waals surface area contributed by atoms with Crippen LogP contribution in [0.1, 0.15) is 24.8 Å². The molecule has 0 aliphatic carbocycles. The molecule has 1 aliphatic heterocycles. The normalized spacial score (nSPS) is 18.3. The first-order valence-electron chi connectivity index (χ1n) is 6.11. The van der Waals surface area contributed by atoms with E-state index < -0.39 is 0 Å².